The highest BCUT2D eigenvalue weighted by Crippen LogP contribution is 2.39. The second-order valence-electron chi connectivity index (χ2n) is 8.50. The first-order chi connectivity index (χ1) is 12.8. The molecule has 2 aromatic rings. The van der Waals surface area contributed by atoms with Crippen molar-refractivity contribution in [2.45, 2.75) is 104 Å². The first-order valence-corrected chi connectivity index (χ1v) is 13.0. The third-order valence-electron chi connectivity index (χ3n) is 6.47. The fraction of sp³-hybridized carbons (Fsp3) is 0.750. The fourth-order valence-corrected chi connectivity index (χ4v) is 7.23. The SMILES string of the molecule is CCCCCc1c(CC[C@H]2CC[C@H](CCCCC)CC2)sc2ccsc12. The minimum absolute atomic E-state index is 1.00. The molecular formula is C24H38S2. The summed E-state index contributed by atoms with van der Waals surface area (Å²) in [4.78, 5) is 1.73. The molecule has 1 saturated carbocycles. The van der Waals surface area contributed by atoms with Gasteiger partial charge in [-0.15, -0.1) is 22.7 Å². The van der Waals surface area contributed by atoms with E-state index in [4.69, 9.17) is 0 Å². The standard InChI is InChI=1S/C24H38S2/c1-3-5-7-9-19-11-13-20(14-12-19)15-16-22-21(10-8-6-4-2)24-23(26-22)17-18-25-24/h17-20H,3-16H2,1-2H3/t19-,20-. The molecule has 3 rings (SSSR count). The van der Waals surface area contributed by atoms with E-state index >= 15 is 0 Å². The van der Waals surface area contributed by atoms with Gasteiger partial charge < -0.3 is 0 Å². The third kappa shape index (κ3) is 5.58. The number of rotatable bonds is 11. The molecule has 0 nitrogen and oxygen atoms in total. The quantitative estimate of drug-likeness (QED) is 0.336. The van der Waals surface area contributed by atoms with E-state index in [1.807, 2.05) is 11.3 Å². The van der Waals surface area contributed by atoms with Crippen molar-refractivity contribution in [2.24, 2.45) is 11.8 Å². The minimum Gasteiger partial charge on any atom is -0.143 e. The molecule has 2 aromatic heterocycles. The topological polar surface area (TPSA) is 0 Å². The van der Waals surface area contributed by atoms with Crippen LogP contribution in [0, 0.1) is 11.8 Å². The van der Waals surface area contributed by atoms with Crippen LogP contribution in [0.4, 0.5) is 0 Å². The lowest BCUT2D eigenvalue weighted by atomic mass is 9.78. The van der Waals surface area contributed by atoms with Gasteiger partial charge in [0.1, 0.15) is 0 Å². The summed E-state index contributed by atoms with van der Waals surface area (Å²) in [7, 11) is 0. The Morgan fingerprint density at radius 3 is 2.27 bits per heavy atom. The molecule has 2 heterocycles. The van der Waals surface area contributed by atoms with Gasteiger partial charge in [-0.1, -0.05) is 78.1 Å². The first-order valence-electron chi connectivity index (χ1n) is 11.3. The molecule has 1 aliphatic rings. The molecule has 0 unspecified atom stereocenters. The number of hydrogen-bond acceptors (Lipinski definition) is 2. The van der Waals surface area contributed by atoms with Gasteiger partial charge >= 0.3 is 0 Å². The van der Waals surface area contributed by atoms with Crippen LogP contribution in [-0.2, 0) is 12.8 Å². The van der Waals surface area contributed by atoms with E-state index < -0.39 is 0 Å². The van der Waals surface area contributed by atoms with Crippen molar-refractivity contribution >= 4 is 32.1 Å². The maximum absolute atomic E-state index is 2.35. The van der Waals surface area contributed by atoms with Crippen LogP contribution in [-0.4, -0.2) is 0 Å². The van der Waals surface area contributed by atoms with E-state index in [1.54, 1.807) is 19.8 Å². The van der Waals surface area contributed by atoms with Crippen LogP contribution in [0.2, 0.25) is 0 Å². The Morgan fingerprint density at radius 1 is 0.846 bits per heavy atom. The van der Waals surface area contributed by atoms with Gasteiger partial charge in [-0.2, -0.15) is 0 Å². The maximum atomic E-state index is 2.35. The van der Waals surface area contributed by atoms with Gasteiger partial charge in [-0.3, -0.25) is 0 Å². The zero-order valence-corrected chi connectivity index (χ0v) is 18.7. The summed E-state index contributed by atoms with van der Waals surface area (Å²) in [5, 5.41) is 2.29. The predicted octanol–water partition coefficient (Wildman–Crippen LogP) is 9.01. The van der Waals surface area contributed by atoms with E-state index in [0.717, 1.165) is 11.8 Å². The normalized spacial score (nSPS) is 20.8. The summed E-state index contributed by atoms with van der Waals surface area (Å²) >= 11 is 4.08. The van der Waals surface area contributed by atoms with Gasteiger partial charge in [-0.25, -0.2) is 0 Å². The van der Waals surface area contributed by atoms with Crippen molar-refractivity contribution in [3.63, 3.8) is 0 Å². The molecule has 1 aliphatic carbocycles. The summed E-state index contributed by atoms with van der Waals surface area (Å²) in [6.45, 7) is 4.63. The highest BCUT2D eigenvalue weighted by atomic mass is 32.1. The van der Waals surface area contributed by atoms with Gasteiger partial charge in [0.2, 0.25) is 0 Å². The monoisotopic (exact) mass is 390 g/mol. The van der Waals surface area contributed by atoms with Gasteiger partial charge in [0.25, 0.3) is 0 Å². The van der Waals surface area contributed by atoms with E-state index in [0.29, 0.717) is 0 Å². The van der Waals surface area contributed by atoms with Crippen LogP contribution in [0.25, 0.3) is 9.40 Å². The van der Waals surface area contributed by atoms with E-state index in [9.17, 15) is 0 Å². The lowest BCUT2D eigenvalue weighted by Gasteiger charge is -2.28. The average Bonchev–Trinajstić information content (AvgIpc) is 3.23. The highest BCUT2D eigenvalue weighted by molar-refractivity contribution is 7.27. The second-order valence-corrected chi connectivity index (χ2v) is 10.5. The lowest BCUT2D eigenvalue weighted by molar-refractivity contribution is 0.249. The third-order valence-corrected chi connectivity index (χ3v) is 8.83. The summed E-state index contributed by atoms with van der Waals surface area (Å²) in [6.07, 6.45) is 20.0. The van der Waals surface area contributed by atoms with Gasteiger partial charge in [0.05, 0.1) is 0 Å². The Labute approximate surface area is 169 Å². The highest BCUT2D eigenvalue weighted by Gasteiger charge is 2.22. The number of hydrogen-bond donors (Lipinski definition) is 0. The summed E-state index contributed by atoms with van der Waals surface area (Å²) in [5.74, 6) is 2.05. The minimum atomic E-state index is 1.00. The number of fused-ring (bicyclic) bond motifs is 1. The lowest BCUT2D eigenvalue weighted by Crippen LogP contribution is -2.15. The Bertz CT molecular complexity index is 628. The van der Waals surface area contributed by atoms with Gasteiger partial charge in [-0.05, 0) is 54.5 Å². The van der Waals surface area contributed by atoms with Crippen LogP contribution in [0.3, 0.4) is 0 Å². The summed E-state index contributed by atoms with van der Waals surface area (Å²) in [6, 6.07) is 2.35. The Balaban J connectivity index is 1.49. The molecule has 0 spiro atoms. The van der Waals surface area contributed by atoms with Crippen molar-refractivity contribution in [1.82, 2.24) is 0 Å². The zero-order chi connectivity index (χ0) is 18.2. The Hall–Kier alpha value is -0.340. The van der Waals surface area contributed by atoms with E-state index in [-0.39, 0.29) is 0 Å². The molecule has 0 aliphatic heterocycles. The van der Waals surface area contributed by atoms with Crippen LogP contribution in [0.5, 0.6) is 0 Å². The van der Waals surface area contributed by atoms with Crippen molar-refractivity contribution in [3.8, 4) is 0 Å². The predicted molar refractivity (Wildman–Crippen MR) is 121 cm³/mol. The maximum Gasteiger partial charge on any atom is 0.0485 e. The molecule has 0 saturated heterocycles. The molecule has 26 heavy (non-hydrogen) atoms. The fourth-order valence-electron chi connectivity index (χ4n) is 4.75. The van der Waals surface area contributed by atoms with Crippen molar-refractivity contribution in [3.05, 3.63) is 21.9 Å². The molecule has 0 amide bonds. The number of thiophene rings is 2. The van der Waals surface area contributed by atoms with Gasteiger partial charge in [0, 0.05) is 14.3 Å². The first kappa shape index (κ1) is 20.4. The molecule has 0 radical (unpaired) electrons. The molecule has 0 aromatic carbocycles. The largest absolute Gasteiger partial charge is 0.143 e. The van der Waals surface area contributed by atoms with Crippen LogP contribution >= 0.6 is 22.7 Å². The smallest absolute Gasteiger partial charge is 0.0485 e. The molecule has 0 atom stereocenters. The average molecular weight is 391 g/mol. The molecule has 0 bridgehead atoms. The molecule has 2 heteroatoms. The van der Waals surface area contributed by atoms with Crippen molar-refractivity contribution in [1.29, 1.82) is 0 Å². The summed E-state index contributed by atoms with van der Waals surface area (Å²) in [5.41, 5.74) is 1.72. The van der Waals surface area contributed by atoms with E-state index in [1.165, 1.54) is 89.9 Å². The Kier molecular flexibility index (Phi) is 8.52. The molecular weight excluding hydrogens is 352 g/mol. The Morgan fingerprint density at radius 2 is 1.54 bits per heavy atom. The summed E-state index contributed by atoms with van der Waals surface area (Å²) < 4.78 is 3.16. The van der Waals surface area contributed by atoms with Crippen LogP contribution in [0.1, 0.15) is 101 Å². The van der Waals surface area contributed by atoms with E-state index in [2.05, 4.69) is 36.6 Å². The van der Waals surface area contributed by atoms with Crippen LogP contribution < -0.4 is 0 Å². The molecule has 146 valence electrons. The van der Waals surface area contributed by atoms with Gasteiger partial charge in [0.15, 0.2) is 0 Å². The molecule has 1 fully saturated rings. The van der Waals surface area contributed by atoms with Crippen molar-refractivity contribution in [2.75, 3.05) is 0 Å². The molecule has 0 N–H and O–H groups in total. The second kappa shape index (κ2) is 10.9. The van der Waals surface area contributed by atoms with Crippen molar-refractivity contribution < 1.29 is 0 Å². The zero-order valence-electron chi connectivity index (χ0n) is 17.0. The van der Waals surface area contributed by atoms with Crippen LogP contribution in [0.15, 0.2) is 11.4 Å². The number of aryl methyl sites for hydroxylation is 2. The number of unbranched alkanes of at least 4 members (excludes halogenated alkanes) is 4.